The van der Waals surface area contributed by atoms with Crippen molar-refractivity contribution in [3.05, 3.63) is 0 Å². The van der Waals surface area contributed by atoms with Crippen molar-refractivity contribution in [2.75, 3.05) is 13.1 Å². The van der Waals surface area contributed by atoms with E-state index in [1.165, 1.54) is 0 Å². The van der Waals surface area contributed by atoms with Crippen molar-refractivity contribution in [3.63, 3.8) is 0 Å². The molecule has 1 rings (SSSR count). The number of piperidine rings is 1. The normalized spacial score (nSPS) is 29.2. The average Bonchev–Trinajstić information content (AvgIpc) is 2.04. The van der Waals surface area contributed by atoms with Crippen LogP contribution in [0.2, 0.25) is 0 Å². The van der Waals surface area contributed by atoms with Crippen LogP contribution in [0.4, 0.5) is 0 Å². The Morgan fingerprint density at radius 1 is 1.62 bits per heavy atom. The molecule has 0 aromatic carbocycles. The van der Waals surface area contributed by atoms with Crippen molar-refractivity contribution in [2.45, 2.75) is 33.1 Å². The van der Waals surface area contributed by atoms with Gasteiger partial charge in [-0.3, -0.25) is 4.79 Å². The summed E-state index contributed by atoms with van der Waals surface area (Å²) in [5.74, 6) is 0.404. The van der Waals surface area contributed by atoms with Gasteiger partial charge in [-0.1, -0.05) is 13.8 Å². The SMILES string of the molecule is CC(C)CC1(C(N)=O)CCCNC1. The Labute approximate surface area is 80.1 Å². The Hall–Kier alpha value is -0.570. The number of carbonyl (C=O) groups is 1. The van der Waals surface area contributed by atoms with Gasteiger partial charge in [-0.2, -0.15) is 0 Å². The third kappa shape index (κ3) is 2.44. The summed E-state index contributed by atoms with van der Waals surface area (Å²) in [6.45, 7) is 6.06. The standard InChI is InChI=1S/C10H20N2O/c1-8(2)6-10(9(11)13)4-3-5-12-7-10/h8,12H,3-7H2,1-2H3,(H2,11,13). The molecule has 0 saturated carbocycles. The van der Waals surface area contributed by atoms with Crippen molar-refractivity contribution in [1.29, 1.82) is 0 Å². The van der Waals surface area contributed by atoms with Gasteiger partial charge in [0, 0.05) is 6.54 Å². The van der Waals surface area contributed by atoms with Crippen LogP contribution >= 0.6 is 0 Å². The smallest absolute Gasteiger partial charge is 0.224 e. The summed E-state index contributed by atoms with van der Waals surface area (Å²) >= 11 is 0. The first-order valence-corrected chi connectivity index (χ1v) is 5.07. The number of carbonyl (C=O) groups excluding carboxylic acids is 1. The molecule has 1 heterocycles. The first kappa shape index (κ1) is 10.5. The van der Waals surface area contributed by atoms with E-state index in [9.17, 15) is 4.79 Å². The molecule has 0 aromatic rings. The van der Waals surface area contributed by atoms with Gasteiger partial charge < -0.3 is 11.1 Å². The topological polar surface area (TPSA) is 55.1 Å². The maximum absolute atomic E-state index is 11.4. The molecule has 13 heavy (non-hydrogen) atoms. The van der Waals surface area contributed by atoms with E-state index < -0.39 is 0 Å². The zero-order valence-electron chi connectivity index (χ0n) is 8.60. The molecule has 0 radical (unpaired) electrons. The lowest BCUT2D eigenvalue weighted by atomic mass is 9.74. The van der Waals surface area contributed by atoms with Crippen LogP contribution in [0.3, 0.4) is 0 Å². The molecule has 3 nitrogen and oxygen atoms in total. The number of nitrogens with two attached hydrogens (primary N) is 1. The maximum atomic E-state index is 11.4. The number of hydrogen-bond donors (Lipinski definition) is 2. The van der Waals surface area contributed by atoms with Crippen molar-refractivity contribution in [2.24, 2.45) is 17.1 Å². The number of rotatable bonds is 3. The zero-order valence-corrected chi connectivity index (χ0v) is 8.60. The third-order valence-electron chi connectivity index (χ3n) is 2.79. The molecule has 0 aliphatic carbocycles. The molecule has 1 aliphatic rings. The summed E-state index contributed by atoms with van der Waals surface area (Å²) in [7, 11) is 0. The predicted molar refractivity (Wildman–Crippen MR) is 53.2 cm³/mol. The average molecular weight is 184 g/mol. The lowest BCUT2D eigenvalue weighted by Gasteiger charge is -2.36. The molecule has 1 aliphatic heterocycles. The Morgan fingerprint density at radius 2 is 2.31 bits per heavy atom. The quantitative estimate of drug-likeness (QED) is 0.684. The van der Waals surface area contributed by atoms with Crippen LogP contribution in [0.1, 0.15) is 33.1 Å². The summed E-state index contributed by atoms with van der Waals surface area (Å²) in [4.78, 5) is 11.4. The molecule has 1 atom stereocenters. The predicted octanol–water partition coefficient (Wildman–Crippen LogP) is 0.888. The molecule has 1 saturated heterocycles. The van der Waals surface area contributed by atoms with Crippen molar-refractivity contribution >= 4 is 5.91 Å². The van der Waals surface area contributed by atoms with Crippen LogP contribution in [0.15, 0.2) is 0 Å². The molecule has 76 valence electrons. The fraction of sp³-hybridized carbons (Fsp3) is 0.900. The molecule has 0 aromatic heterocycles. The first-order chi connectivity index (χ1) is 6.07. The fourth-order valence-electron chi connectivity index (χ4n) is 2.23. The molecular weight excluding hydrogens is 164 g/mol. The molecular formula is C10H20N2O. The van der Waals surface area contributed by atoms with Gasteiger partial charge in [0.15, 0.2) is 0 Å². The summed E-state index contributed by atoms with van der Waals surface area (Å²) in [5, 5.41) is 3.26. The lowest BCUT2D eigenvalue weighted by molar-refractivity contribution is -0.129. The fourth-order valence-corrected chi connectivity index (χ4v) is 2.23. The number of primary amides is 1. The van der Waals surface area contributed by atoms with Crippen LogP contribution < -0.4 is 11.1 Å². The van der Waals surface area contributed by atoms with E-state index in [0.717, 1.165) is 32.4 Å². The molecule has 1 fully saturated rings. The van der Waals surface area contributed by atoms with E-state index in [1.54, 1.807) is 0 Å². The Kier molecular flexibility index (Phi) is 3.31. The molecule has 3 heteroatoms. The highest BCUT2D eigenvalue weighted by Gasteiger charge is 2.38. The van der Waals surface area contributed by atoms with Crippen LogP contribution in [0.5, 0.6) is 0 Å². The highest BCUT2D eigenvalue weighted by Crippen LogP contribution is 2.32. The molecule has 0 spiro atoms. The van der Waals surface area contributed by atoms with Crippen LogP contribution in [-0.2, 0) is 4.79 Å². The summed E-state index contributed by atoms with van der Waals surface area (Å²) in [6.07, 6.45) is 2.93. The van der Waals surface area contributed by atoms with Crippen LogP contribution in [0, 0.1) is 11.3 Å². The third-order valence-corrected chi connectivity index (χ3v) is 2.79. The number of amides is 1. The van der Waals surface area contributed by atoms with Gasteiger partial charge in [0.1, 0.15) is 0 Å². The van der Waals surface area contributed by atoms with E-state index in [2.05, 4.69) is 19.2 Å². The number of nitrogens with one attached hydrogen (secondary N) is 1. The molecule has 1 unspecified atom stereocenters. The summed E-state index contributed by atoms with van der Waals surface area (Å²) < 4.78 is 0. The zero-order chi connectivity index (χ0) is 9.90. The van der Waals surface area contributed by atoms with Crippen molar-refractivity contribution in [1.82, 2.24) is 5.32 Å². The Morgan fingerprint density at radius 3 is 2.69 bits per heavy atom. The highest BCUT2D eigenvalue weighted by molar-refractivity contribution is 5.81. The minimum absolute atomic E-state index is 0.131. The van der Waals surface area contributed by atoms with Gasteiger partial charge in [0.2, 0.25) is 5.91 Å². The van der Waals surface area contributed by atoms with Crippen molar-refractivity contribution < 1.29 is 4.79 Å². The van der Waals surface area contributed by atoms with E-state index >= 15 is 0 Å². The monoisotopic (exact) mass is 184 g/mol. The van der Waals surface area contributed by atoms with E-state index in [4.69, 9.17) is 5.73 Å². The van der Waals surface area contributed by atoms with Crippen LogP contribution in [0.25, 0.3) is 0 Å². The first-order valence-electron chi connectivity index (χ1n) is 5.07. The van der Waals surface area contributed by atoms with Gasteiger partial charge >= 0.3 is 0 Å². The number of hydrogen-bond acceptors (Lipinski definition) is 2. The van der Waals surface area contributed by atoms with Gasteiger partial charge in [-0.15, -0.1) is 0 Å². The largest absolute Gasteiger partial charge is 0.369 e. The molecule has 1 amide bonds. The van der Waals surface area contributed by atoms with Gasteiger partial charge in [-0.25, -0.2) is 0 Å². The lowest BCUT2D eigenvalue weighted by Crippen LogP contribution is -2.49. The van der Waals surface area contributed by atoms with Gasteiger partial charge in [-0.05, 0) is 31.7 Å². The summed E-state index contributed by atoms with van der Waals surface area (Å²) in [6, 6.07) is 0. The second-order valence-corrected chi connectivity index (χ2v) is 4.52. The minimum Gasteiger partial charge on any atom is -0.369 e. The minimum atomic E-state index is -0.271. The van der Waals surface area contributed by atoms with Crippen LogP contribution in [-0.4, -0.2) is 19.0 Å². The molecule has 3 N–H and O–H groups in total. The summed E-state index contributed by atoms with van der Waals surface area (Å²) in [5.41, 5.74) is 5.20. The second kappa shape index (κ2) is 4.09. The second-order valence-electron chi connectivity index (χ2n) is 4.52. The Bertz CT molecular complexity index is 183. The van der Waals surface area contributed by atoms with E-state index in [1.807, 2.05) is 0 Å². The maximum Gasteiger partial charge on any atom is 0.224 e. The highest BCUT2D eigenvalue weighted by atomic mass is 16.1. The van der Waals surface area contributed by atoms with E-state index in [0.29, 0.717) is 5.92 Å². The molecule has 0 bridgehead atoms. The van der Waals surface area contributed by atoms with Crippen molar-refractivity contribution in [3.8, 4) is 0 Å². The Balaban J connectivity index is 2.67. The van der Waals surface area contributed by atoms with Gasteiger partial charge in [0.25, 0.3) is 0 Å². The van der Waals surface area contributed by atoms with E-state index in [-0.39, 0.29) is 11.3 Å². The van der Waals surface area contributed by atoms with Gasteiger partial charge in [0.05, 0.1) is 5.41 Å².